The summed E-state index contributed by atoms with van der Waals surface area (Å²) in [7, 11) is 0. The van der Waals surface area contributed by atoms with Crippen LogP contribution in [0, 0.1) is 0 Å². The fourth-order valence-corrected chi connectivity index (χ4v) is 1.70. The van der Waals surface area contributed by atoms with Gasteiger partial charge >= 0.3 is 5.97 Å². The number of benzene rings is 1. The van der Waals surface area contributed by atoms with Crippen molar-refractivity contribution in [2.45, 2.75) is 12.5 Å². The number of nitrogens with one attached hydrogen (secondary N) is 1. The van der Waals surface area contributed by atoms with E-state index in [1.807, 2.05) is 0 Å². The topological polar surface area (TPSA) is 99.8 Å². The molecular formula is C14H13NO5. The van der Waals surface area contributed by atoms with Crippen molar-refractivity contribution in [2.75, 3.05) is 0 Å². The van der Waals surface area contributed by atoms with Gasteiger partial charge in [-0.2, -0.15) is 0 Å². The van der Waals surface area contributed by atoms with Gasteiger partial charge in [0, 0.05) is 6.42 Å². The van der Waals surface area contributed by atoms with Crippen LogP contribution < -0.4 is 5.32 Å². The van der Waals surface area contributed by atoms with Crippen molar-refractivity contribution in [3.63, 3.8) is 0 Å². The highest BCUT2D eigenvalue weighted by atomic mass is 16.4. The molecule has 2 aromatic rings. The molecule has 20 heavy (non-hydrogen) atoms. The molecule has 6 nitrogen and oxygen atoms in total. The van der Waals surface area contributed by atoms with Gasteiger partial charge in [-0.25, -0.2) is 4.79 Å². The molecule has 104 valence electrons. The SMILES string of the molecule is O=C(N[C@@H](Cc1ccc(O)cc1)C(=O)O)c1ccco1. The number of carboxylic acids is 1. The van der Waals surface area contributed by atoms with E-state index in [0.717, 1.165) is 0 Å². The van der Waals surface area contributed by atoms with Gasteiger partial charge < -0.3 is 19.9 Å². The molecule has 0 fully saturated rings. The molecule has 0 radical (unpaired) electrons. The summed E-state index contributed by atoms with van der Waals surface area (Å²) in [6.45, 7) is 0. The van der Waals surface area contributed by atoms with E-state index >= 15 is 0 Å². The molecule has 0 saturated heterocycles. The summed E-state index contributed by atoms with van der Waals surface area (Å²) < 4.78 is 4.90. The van der Waals surface area contributed by atoms with Crippen molar-refractivity contribution < 1.29 is 24.2 Å². The maximum Gasteiger partial charge on any atom is 0.326 e. The predicted octanol–water partition coefficient (Wildman–Crippen LogP) is 1.41. The minimum Gasteiger partial charge on any atom is -0.508 e. The molecule has 0 spiro atoms. The average molecular weight is 275 g/mol. The highest BCUT2D eigenvalue weighted by molar-refractivity contribution is 5.94. The third-order valence-electron chi connectivity index (χ3n) is 2.72. The van der Waals surface area contributed by atoms with Crippen LogP contribution in [0.3, 0.4) is 0 Å². The summed E-state index contributed by atoms with van der Waals surface area (Å²) in [4.78, 5) is 22.9. The number of carbonyl (C=O) groups is 2. The predicted molar refractivity (Wildman–Crippen MR) is 69.4 cm³/mol. The largest absolute Gasteiger partial charge is 0.508 e. The lowest BCUT2D eigenvalue weighted by molar-refractivity contribution is -0.139. The van der Waals surface area contributed by atoms with E-state index in [1.54, 1.807) is 18.2 Å². The molecule has 0 unspecified atom stereocenters. The van der Waals surface area contributed by atoms with E-state index in [4.69, 9.17) is 9.52 Å². The Kier molecular flexibility index (Phi) is 4.05. The van der Waals surface area contributed by atoms with Gasteiger partial charge in [-0.1, -0.05) is 12.1 Å². The molecule has 0 aliphatic heterocycles. The van der Waals surface area contributed by atoms with E-state index in [-0.39, 0.29) is 17.9 Å². The van der Waals surface area contributed by atoms with E-state index in [0.29, 0.717) is 5.56 Å². The molecule has 0 aliphatic rings. The number of aromatic hydroxyl groups is 1. The van der Waals surface area contributed by atoms with Gasteiger partial charge in [0.05, 0.1) is 6.26 Å². The standard InChI is InChI=1S/C14H13NO5/c16-10-5-3-9(4-6-10)8-11(14(18)19)15-13(17)12-2-1-7-20-12/h1-7,11,16H,8H2,(H,15,17)(H,18,19)/t11-/m0/s1. The van der Waals surface area contributed by atoms with Crippen molar-refractivity contribution in [3.8, 4) is 5.75 Å². The zero-order valence-corrected chi connectivity index (χ0v) is 10.4. The molecule has 0 saturated carbocycles. The minimum absolute atomic E-state index is 0.0574. The molecule has 3 N–H and O–H groups in total. The highest BCUT2D eigenvalue weighted by Crippen LogP contribution is 2.12. The van der Waals surface area contributed by atoms with Crippen LogP contribution in [0.4, 0.5) is 0 Å². The van der Waals surface area contributed by atoms with Crippen LogP contribution in [0.2, 0.25) is 0 Å². The van der Waals surface area contributed by atoms with Crippen LogP contribution in [0.15, 0.2) is 47.1 Å². The van der Waals surface area contributed by atoms with Gasteiger partial charge in [0.2, 0.25) is 0 Å². The number of amides is 1. The molecule has 1 atom stereocenters. The van der Waals surface area contributed by atoms with Crippen molar-refractivity contribution in [1.82, 2.24) is 5.32 Å². The Bertz CT molecular complexity index is 589. The number of furan rings is 1. The number of carbonyl (C=O) groups excluding carboxylic acids is 1. The van der Waals surface area contributed by atoms with Crippen LogP contribution in [-0.4, -0.2) is 28.1 Å². The van der Waals surface area contributed by atoms with Crippen LogP contribution in [0.25, 0.3) is 0 Å². The average Bonchev–Trinajstić information content (AvgIpc) is 2.94. The number of phenolic OH excluding ortho intramolecular Hbond substituents is 1. The summed E-state index contributed by atoms with van der Waals surface area (Å²) >= 11 is 0. The van der Waals surface area contributed by atoms with Crippen LogP contribution >= 0.6 is 0 Å². The van der Waals surface area contributed by atoms with Crippen LogP contribution in [0.5, 0.6) is 5.75 Å². The number of hydrogen-bond donors (Lipinski definition) is 3. The van der Waals surface area contributed by atoms with E-state index < -0.39 is 17.9 Å². The Morgan fingerprint density at radius 3 is 2.45 bits per heavy atom. The second-order valence-electron chi connectivity index (χ2n) is 4.21. The molecule has 1 aromatic carbocycles. The van der Waals surface area contributed by atoms with E-state index in [2.05, 4.69) is 5.32 Å². The van der Waals surface area contributed by atoms with Gasteiger partial charge in [-0.05, 0) is 29.8 Å². The summed E-state index contributed by atoms with van der Waals surface area (Å²) in [5.41, 5.74) is 0.690. The molecule has 2 rings (SSSR count). The van der Waals surface area contributed by atoms with Crippen molar-refractivity contribution >= 4 is 11.9 Å². The molecule has 6 heteroatoms. The van der Waals surface area contributed by atoms with Crippen LogP contribution in [-0.2, 0) is 11.2 Å². The fourth-order valence-electron chi connectivity index (χ4n) is 1.70. The Morgan fingerprint density at radius 1 is 1.20 bits per heavy atom. The second-order valence-corrected chi connectivity index (χ2v) is 4.21. The molecule has 0 aliphatic carbocycles. The van der Waals surface area contributed by atoms with Crippen molar-refractivity contribution in [3.05, 3.63) is 54.0 Å². The smallest absolute Gasteiger partial charge is 0.326 e. The van der Waals surface area contributed by atoms with Crippen molar-refractivity contribution in [2.24, 2.45) is 0 Å². The van der Waals surface area contributed by atoms with Crippen molar-refractivity contribution in [1.29, 1.82) is 0 Å². The Hall–Kier alpha value is -2.76. The van der Waals surface area contributed by atoms with E-state index in [9.17, 15) is 14.7 Å². The number of aliphatic carboxylic acids is 1. The molecule has 1 heterocycles. The lowest BCUT2D eigenvalue weighted by Crippen LogP contribution is -2.42. The Balaban J connectivity index is 2.06. The second kappa shape index (κ2) is 5.92. The highest BCUT2D eigenvalue weighted by Gasteiger charge is 2.22. The lowest BCUT2D eigenvalue weighted by Gasteiger charge is -2.13. The Morgan fingerprint density at radius 2 is 1.90 bits per heavy atom. The molecule has 0 bridgehead atoms. The fraction of sp³-hybridized carbons (Fsp3) is 0.143. The number of hydrogen-bond acceptors (Lipinski definition) is 4. The monoisotopic (exact) mass is 275 g/mol. The maximum atomic E-state index is 11.8. The van der Waals surface area contributed by atoms with Gasteiger partial charge in [0.15, 0.2) is 5.76 Å². The zero-order valence-electron chi connectivity index (χ0n) is 10.4. The molecule has 1 aromatic heterocycles. The van der Waals surface area contributed by atoms with E-state index in [1.165, 1.54) is 24.5 Å². The summed E-state index contributed by atoms with van der Waals surface area (Å²) in [6, 6.07) is 8.05. The summed E-state index contributed by atoms with van der Waals surface area (Å²) in [5.74, 6) is -1.57. The number of carboxylic acid groups (broad SMARTS) is 1. The third kappa shape index (κ3) is 3.38. The van der Waals surface area contributed by atoms with Gasteiger partial charge in [0.1, 0.15) is 11.8 Å². The third-order valence-corrected chi connectivity index (χ3v) is 2.72. The Labute approximate surface area is 114 Å². The first-order valence-electron chi connectivity index (χ1n) is 5.91. The van der Waals surface area contributed by atoms with Gasteiger partial charge in [-0.3, -0.25) is 4.79 Å². The minimum atomic E-state index is -1.14. The van der Waals surface area contributed by atoms with Crippen LogP contribution in [0.1, 0.15) is 16.1 Å². The van der Waals surface area contributed by atoms with Gasteiger partial charge in [0.25, 0.3) is 5.91 Å². The lowest BCUT2D eigenvalue weighted by atomic mass is 10.1. The summed E-state index contributed by atoms with van der Waals surface area (Å²) in [5, 5.41) is 20.7. The molecule has 1 amide bonds. The number of phenols is 1. The van der Waals surface area contributed by atoms with Gasteiger partial charge in [-0.15, -0.1) is 0 Å². The number of rotatable bonds is 5. The maximum absolute atomic E-state index is 11.8. The first kappa shape index (κ1) is 13.7. The normalized spacial score (nSPS) is 11.8. The first-order chi connectivity index (χ1) is 9.56. The quantitative estimate of drug-likeness (QED) is 0.766. The first-order valence-corrected chi connectivity index (χ1v) is 5.91. The molecular weight excluding hydrogens is 262 g/mol. The zero-order chi connectivity index (χ0) is 14.5. The summed E-state index contributed by atoms with van der Waals surface area (Å²) in [6.07, 6.45) is 1.45.